The van der Waals surface area contributed by atoms with Gasteiger partial charge < -0.3 is 10.5 Å². The largest absolute Gasteiger partial charge is 0.492 e. The predicted octanol–water partition coefficient (Wildman–Crippen LogP) is 3.44. The standard InChI is InChI=1S/C23H21ClF3N7O3/c1-2-37-17-6-4-3-5-16(17)34-21(19(28)35)29-18(30-34)13-33-22(36)32(12-11-23(25,26)27)20(31-33)14-7-9-15(24)10-8-14/h3-10H,2,11-13H2,1H3,(H2,28,35). The molecule has 2 aromatic heterocycles. The molecule has 2 heterocycles. The maximum Gasteiger partial charge on any atom is 0.390 e. The SMILES string of the molecule is CCOc1ccccc1-n1nc(Cn2nc(-c3ccc(Cl)cc3)n(CCC(F)(F)F)c2=O)nc1C(N)=O. The topological polar surface area (TPSA) is 123 Å². The minimum atomic E-state index is -4.48. The van der Waals surface area contributed by atoms with Crippen LogP contribution < -0.4 is 16.2 Å². The van der Waals surface area contributed by atoms with Crippen LogP contribution >= 0.6 is 11.6 Å². The molecule has 194 valence electrons. The predicted molar refractivity (Wildman–Crippen MR) is 128 cm³/mol. The summed E-state index contributed by atoms with van der Waals surface area (Å²) in [5, 5.41) is 8.95. The third kappa shape index (κ3) is 5.82. The number of aromatic nitrogens is 6. The Morgan fingerprint density at radius 1 is 1.11 bits per heavy atom. The second kappa shape index (κ2) is 10.5. The summed E-state index contributed by atoms with van der Waals surface area (Å²) < 4.78 is 47.5. The van der Waals surface area contributed by atoms with Crippen LogP contribution in [0, 0.1) is 0 Å². The number of nitrogens with two attached hydrogens (primary N) is 1. The molecule has 0 unspecified atom stereocenters. The van der Waals surface area contributed by atoms with Crippen molar-refractivity contribution in [2.24, 2.45) is 5.73 Å². The molecular formula is C23H21ClF3N7O3. The highest BCUT2D eigenvalue weighted by Crippen LogP contribution is 2.25. The zero-order valence-electron chi connectivity index (χ0n) is 19.4. The Morgan fingerprint density at radius 2 is 1.81 bits per heavy atom. The summed E-state index contributed by atoms with van der Waals surface area (Å²) in [6.45, 7) is 1.17. The molecule has 0 fully saturated rings. The van der Waals surface area contributed by atoms with Gasteiger partial charge in [-0.25, -0.2) is 19.1 Å². The number of rotatable bonds is 9. The van der Waals surface area contributed by atoms with Gasteiger partial charge in [0.05, 0.1) is 13.0 Å². The van der Waals surface area contributed by atoms with E-state index in [1.54, 1.807) is 43.3 Å². The van der Waals surface area contributed by atoms with Gasteiger partial charge >= 0.3 is 11.9 Å². The van der Waals surface area contributed by atoms with Crippen LogP contribution in [0.3, 0.4) is 0 Å². The summed E-state index contributed by atoms with van der Waals surface area (Å²) >= 11 is 5.92. The second-order valence-electron chi connectivity index (χ2n) is 7.82. The third-order valence-electron chi connectivity index (χ3n) is 5.20. The molecule has 0 saturated carbocycles. The van der Waals surface area contributed by atoms with Crippen LogP contribution in [0.2, 0.25) is 5.02 Å². The molecule has 4 rings (SSSR count). The fourth-order valence-electron chi connectivity index (χ4n) is 3.59. The fourth-order valence-corrected chi connectivity index (χ4v) is 3.72. The highest BCUT2D eigenvalue weighted by atomic mass is 35.5. The van der Waals surface area contributed by atoms with Gasteiger partial charge in [0.15, 0.2) is 11.6 Å². The van der Waals surface area contributed by atoms with Crippen molar-refractivity contribution in [3.05, 3.63) is 75.7 Å². The first kappa shape index (κ1) is 25.9. The van der Waals surface area contributed by atoms with E-state index >= 15 is 0 Å². The van der Waals surface area contributed by atoms with E-state index in [1.165, 1.54) is 16.8 Å². The van der Waals surface area contributed by atoms with E-state index in [-0.39, 0.29) is 24.0 Å². The van der Waals surface area contributed by atoms with Crippen LogP contribution in [0.4, 0.5) is 13.2 Å². The summed E-state index contributed by atoms with van der Waals surface area (Å²) in [7, 11) is 0. The van der Waals surface area contributed by atoms with E-state index in [1.807, 2.05) is 0 Å². The zero-order valence-corrected chi connectivity index (χ0v) is 20.2. The Morgan fingerprint density at radius 3 is 2.46 bits per heavy atom. The number of benzene rings is 2. The van der Waals surface area contributed by atoms with Gasteiger partial charge in [0.2, 0.25) is 5.82 Å². The Labute approximate surface area is 213 Å². The minimum absolute atomic E-state index is 0.00895. The van der Waals surface area contributed by atoms with Crippen LogP contribution in [0.1, 0.15) is 29.8 Å². The van der Waals surface area contributed by atoms with Crippen LogP contribution in [-0.2, 0) is 13.1 Å². The van der Waals surface area contributed by atoms with E-state index in [2.05, 4.69) is 15.2 Å². The quantitative estimate of drug-likeness (QED) is 0.350. The maximum absolute atomic E-state index is 13.1. The molecule has 4 aromatic rings. The van der Waals surface area contributed by atoms with Gasteiger partial charge in [0, 0.05) is 17.1 Å². The van der Waals surface area contributed by atoms with E-state index in [0.717, 1.165) is 9.25 Å². The molecule has 2 N–H and O–H groups in total. The van der Waals surface area contributed by atoms with Crippen molar-refractivity contribution in [1.29, 1.82) is 0 Å². The van der Waals surface area contributed by atoms with Crippen molar-refractivity contribution in [1.82, 2.24) is 29.1 Å². The normalized spacial score (nSPS) is 11.6. The molecular weight excluding hydrogens is 515 g/mol. The van der Waals surface area contributed by atoms with E-state index < -0.39 is 30.7 Å². The average molecular weight is 536 g/mol. The molecule has 0 aliphatic rings. The number of carbonyl (C=O) groups excluding carboxylic acids is 1. The number of halogens is 4. The average Bonchev–Trinajstić information content (AvgIpc) is 3.40. The van der Waals surface area contributed by atoms with Gasteiger partial charge in [-0.15, -0.1) is 10.2 Å². The molecule has 0 atom stereocenters. The molecule has 0 bridgehead atoms. The summed E-state index contributed by atoms with van der Waals surface area (Å²) in [4.78, 5) is 29.3. The highest BCUT2D eigenvalue weighted by Gasteiger charge is 2.29. The highest BCUT2D eigenvalue weighted by molar-refractivity contribution is 6.30. The van der Waals surface area contributed by atoms with Crippen molar-refractivity contribution in [2.75, 3.05) is 6.61 Å². The lowest BCUT2D eigenvalue weighted by molar-refractivity contribution is -0.136. The van der Waals surface area contributed by atoms with Gasteiger partial charge in [0.1, 0.15) is 18.0 Å². The molecule has 0 aliphatic carbocycles. The lowest BCUT2D eigenvalue weighted by atomic mass is 10.2. The number of amides is 1. The molecule has 0 radical (unpaired) electrons. The van der Waals surface area contributed by atoms with Crippen LogP contribution in [0.25, 0.3) is 17.1 Å². The smallest absolute Gasteiger partial charge is 0.390 e. The van der Waals surface area contributed by atoms with E-state index in [9.17, 15) is 22.8 Å². The van der Waals surface area contributed by atoms with Crippen molar-refractivity contribution in [3.8, 4) is 22.8 Å². The fraction of sp³-hybridized carbons (Fsp3) is 0.261. The number of para-hydroxylation sites is 2. The number of primary amides is 1. The lowest BCUT2D eigenvalue weighted by Gasteiger charge is -2.10. The molecule has 10 nitrogen and oxygen atoms in total. The number of ether oxygens (including phenoxy) is 1. The van der Waals surface area contributed by atoms with Crippen LogP contribution in [-0.4, -0.2) is 47.8 Å². The van der Waals surface area contributed by atoms with Gasteiger partial charge in [-0.05, 0) is 43.3 Å². The first-order valence-corrected chi connectivity index (χ1v) is 11.4. The third-order valence-corrected chi connectivity index (χ3v) is 5.45. The number of hydrogen-bond acceptors (Lipinski definition) is 6. The van der Waals surface area contributed by atoms with Gasteiger partial charge in [-0.1, -0.05) is 23.7 Å². The molecule has 0 saturated heterocycles. The van der Waals surface area contributed by atoms with Crippen LogP contribution in [0.15, 0.2) is 53.3 Å². The number of hydrogen-bond donors (Lipinski definition) is 1. The van der Waals surface area contributed by atoms with Crippen molar-refractivity contribution in [2.45, 2.75) is 32.6 Å². The molecule has 0 spiro atoms. The minimum Gasteiger partial charge on any atom is -0.492 e. The Kier molecular flexibility index (Phi) is 7.34. The zero-order chi connectivity index (χ0) is 26.7. The van der Waals surface area contributed by atoms with E-state index in [0.29, 0.717) is 28.6 Å². The van der Waals surface area contributed by atoms with Crippen molar-refractivity contribution >= 4 is 17.5 Å². The van der Waals surface area contributed by atoms with Gasteiger partial charge in [-0.2, -0.15) is 13.2 Å². The Bertz CT molecular complexity index is 1480. The molecule has 1 amide bonds. The van der Waals surface area contributed by atoms with Crippen molar-refractivity contribution in [3.63, 3.8) is 0 Å². The Balaban J connectivity index is 1.76. The second-order valence-corrected chi connectivity index (χ2v) is 8.25. The number of alkyl halides is 3. The van der Waals surface area contributed by atoms with Crippen LogP contribution in [0.5, 0.6) is 5.75 Å². The lowest BCUT2D eigenvalue weighted by Crippen LogP contribution is -2.27. The molecule has 37 heavy (non-hydrogen) atoms. The van der Waals surface area contributed by atoms with Crippen molar-refractivity contribution < 1.29 is 22.7 Å². The first-order chi connectivity index (χ1) is 17.6. The first-order valence-electron chi connectivity index (χ1n) is 11.1. The molecule has 2 aromatic carbocycles. The number of nitrogens with zero attached hydrogens (tertiary/aromatic N) is 6. The summed E-state index contributed by atoms with van der Waals surface area (Å²) in [6, 6.07) is 12.9. The van der Waals surface area contributed by atoms with Gasteiger partial charge in [-0.3, -0.25) is 9.36 Å². The summed E-state index contributed by atoms with van der Waals surface area (Å²) in [5.41, 5.74) is 5.48. The van der Waals surface area contributed by atoms with E-state index in [4.69, 9.17) is 22.1 Å². The Hall–Kier alpha value is -4.13. The monoisotopic (exact) mass is 535 g/mol. The molecule has 0 aliphatic heterocycles. The summed E-state index contributed by atoms with van der Waals surface area (Å²) in [5.74, 6) is -0.672. The van der Waals surface area contributed by atoms with Gasteiger partial charge in [0.25, 0.3) is 5.91 Å². The maximum atomic E-state index is 13.1. The summed E-state index contributed by atoms with van der Waals surface area (Å²) in [6.07, 6.45) is -5.71. The molecule has 14 heteroatoms. The number of carbonyl (C=O) groups is 1.